The lowest BCUT2D eigenvalue weighted by molar-refractivity contribution is 0.395. The topological polar surface area (TPSA) is 173 Å². The van der Waals surface area contributed by atoms with Crippen molar-refractivity contribution in [3.05, 3.63) is 175 Å². The number of aromatic hydroxyl groups is 6. The summed E-state index contributed by atoms with van der Waals surface area (Å²) in [6, 6.07) is 52.9. The molecule has 0 saturated carbocycles. The van der Waals surface area contributed by atoms with Gasteiger partial charge >= 0.3 is 0 Å². The number of phenolic OH excluding ortho intramolecular Hbond substituents is 6. The summed E-state index contributed by atoms with van der Waals surface area (Å²) in [4.78, 5) is 14.8. The number of furan rings is 1. The van der Waals surface area contributed by atoms with Gasteiger partial charge in [0.15, 0.2) is 40.5 Å². The minimum atomic E-state index is -0.764. The maximum atomic E-state index is 12.3. The predicted molar refractivity (Wildman–Crippen MR) is 265 cm³/mol. The maximum absolute atomic E-state index is 12.3. The van der Waals surface area contributed by atoms with Crippen LogP contribution in [0, 0.1) is 0 Å². The second-order valence-corrected chi connectivity index (χ2v) is 17.1. The molecule has 0 saturated heterocycles. The van der Waals surface area contributed by atoms with Gasteiger partial charge in [-0.3, -0.25) is 0 Å². The summed E-state index contributed by atoms with van der Waals surface area (Å²) < 4.78 is 6.22. The fourth-order valence-corrected chi connectivity index (χ4v) is 10.2. The van der Waals surface area contributed by atoms with Crippen LogP contribution in [0.5, 0.6) is 34.5 Å². The SMILES string of the molecule is Oc1c(O)c(-c2cccc3c2oc2ccccc23)c(O)c2c1Cc1c(O)c(-c3nc(-c4cccc(-c5ccccc5)c4)nc(-c4ccc5ccc6c7ccccc7ccc6c5c4)n3)c(O)c(O)c1-2. The highest BCUT2D eigenvalue weighted by Crippen LogP contribution is 2.62. The first-order valence-corrected chi connectivity index (χ1v) is 22.0. The molecule has 10 heteroatoms. The molecule has 12 aromatic rings. The van der Waals surface area contributed by atoms with Crippen LogP contribution in [0.25, 0.3) is 122 Å². The average molecular weight is 886 g/mol. The van der Waals surface area contributed by atoms with Gasteiger partial charge in [0.2, 0.25) is 0 Å². The predicted octanol–water partition coefficient (Wildman–Crippen LogP) is 13.4. The van der Waals surface area contributed by atoms with Crippen LogP contribution in [0.4, 0.5) is 0 Å². The lowest BCUT2D eigenvalue weighted by Crippen LogP contribution is -2.02. The second kappa shape index (κ2) is 14.5. The van der Waals surface area contributed by atoms with Gasteiger partial charge in [0.1, 0.15) is 28.2 Å². The van der Waals surface area contributed by atoms with E-state index >= 15 is 0 Å². The summed E-state index contributed by atoms with van der Waals surface area (Å²) in [7, 11) is 0. The Labute approximate surface area is 386 Å². The van der Waals surface area contributed by atoms with Gasteiger partial charge in [0, 0.05) is 56.1 Å². The van der Waals surface area contributed by atoms with Crippen LogP contribution < -0.4 is 0 Å². The first-order chi connectivity index (χ1) is 33.2. The van der Waals surface area contributed by atoms with Crippen molar-refractivity contribution in [3.63, 3.8) is 0 Å². The normalized spacial score (nSPS) is 12.1. The molecular formula is C58H35N3O7. The standard InChI is InChI=1S/C58H35N3O7/c62-49-42-28-43-45(51(64)47(53(66)50(43)63)40-18-9-17-39-38-16-6-7-19-44(38)68-55(39)40)46(42)52(65)54(67)48(49)58-60-56(33-14-8-13-32(26-33)29-10-2-1-3-11-29)59-57(61-58)34-21-20-31-23-24-36-35-15-5-4-12-30(35)22-25-37(36)41(31)27-34/h1-27,62-67H,28H2. The third-order valence-corrected chi connectivity index (χ3v) is 13.4. The smallest absolute Gasteiger partial charge is 0.173 e. The van der Waals surface area contributed by atoms with E-state index in [4.69, 9.17) is 19.4 Å². The van der Waals surface area contributed by atoms with Crippen LogP contribution in [0.2, 0.25) is 0 Å². The summed E-state index contributed by atoms with van der Waals surface area (Å²) >= 11 is 0. The minimum absolute atomic E-state index is 0.0311. The number of hydrogen-bond donors (Lipinski definition) is 6. The van der Waals surface area contributed by atoms with Gasteiger partial charge in [-0.05, 0) is 61.6 Å². The summed E-state index contributed by atoms with van der Waals surface area (Å²) in [6.07, 6.45) is -0.240. The van der Waals surface area contributed by atoms with E-state index in [0.29, 0.717) is 27.7 Å². The Balaban J connectivity index is 1.01. The van der Waals surface area contributed by atoms with Crippen LogP contribution in [0.3, 0.4) is 0 Å². The lowest BCUT2D eigenvalue weighted by Gasteiger charge is -2.17. The highest BCUT2D eigenvalue weighted by atomic mass is 16.3. The number of fused-ring (bicyclic) bond motifs is 11. The zero-order valence-corrected chi connectivity index (χ0v) is 35.7. The number of nitrogens with zero attached hydrogens (tertiary/aromatic N) is 3. The van der Waals surface area contributed by atoms with E-state index in [1.54, 1.807) is 12.1 Å². The van der Waals surface area contributed by atoms with Crippen LogP contribution in [0.1, 0.15) is 11.1 Å². The van der Waals surface area contributed by atoms with Gasteiger partial charge in [-0.1, -0.05) is 146 Å². The number of aromatic nitrogens is 3. The van der Waals surface area contributed by atoms with Crippen molar-refractivity contribution in [1.82, 2.24) is 15.0 Å². The molecule has 0 bridgehead atoms. The molecular weight excluding hydrogens is 851 g/mol. The first kappa shape index (κ1) is 39.0. The molecule has 0 aliphatic heterocycles. The Morgan fingerprint density at radius 1 is 0.338 bits per heavy atom. The van der Waals surface area contributed by atoms with E-state index in [-0.39, 0.29) is 62.8 Å². The first-order valence-electron chi connectivity index (χ1n) is 22.0. The number of hydrogen-bond acceptors (Lipinski definition) is 10. The molecule has 2 heterocycles. The fourth-order valence-electron chi connectivity index (χ4n) is 10.2. The van der Waals surface area contributed by atoms with Crippen molar-refractivity contribution in [2.45, 2.75) is 6.42 Å². The zero-order valence-electron chi connectivity index (χ0n) is 35.7. The summed E-state index contributed by atoms with van der Waals surface area (Å²) in [5, 5.41) is 79.9. The molecule has 6 N–H and O–H groups in total. The van der Waals surface area contributed by atoms with Crippen LogP contribution >= 0.6 is 0 Å². The van der Waals surface area contributed by atoms with Crippen molar-refractivity contribution in [2.24, 2.45) is 0 Å². The van der Waals surface area contributed by atoms with Crippen molar-refractivity contribution in [1.29, 1.82) is 0 Å². The summed E-state index contributed by atoms with van der Waals surface area (Å²) in [6.45, 7) is 0. The van der Waals surface area contributed by atoms with Crippen molar-refractivity contribution < 1.29 is 35.1 Å². The number of benzene rings is 10. The van der Waals surface area contributed by atoms with Crippen LogP contribution in [0.15, 0.2) is 168 Å². The van der Waals surface area contributed by atoms with Crippen molar-refractivity contribution >= 4 is 54.3 Å². The molecule has 0 radical (unpaired) electrons. The van der Waals surface area contributed by atoms with Crippen LogP contribution in [-0.2, 0) is 6.42 Å². The molecule has 0 spiro atoms. The quantitative estimate of drug-likeness (QED) is 0.0555. The van der Waals surface area contributed by atoms with E-state index in [1.807, 2.05) is 115 Å². The van der Waals surface area contributed by atoms with Gasteiger partial charge in [0.25, 0.3) is 0 Å². The Morgan fingerprint density at radius 2 is 0.897 bits per heavy atom. The third kappa shape index (κ3) is 5.67. The molecule has 0 atom stereocenters. The van der Waals surface area contributed by atoms with Crippen LogP contribution in [-0.4, -0.2) is 45.6 Å². The monoisotopic (exact) mass is 885 g/mol. The van der Waals surface area contributed by atoms with Gasteiger partial charge in [-0.25, -0.2) is 15.0 Å². The number of rotatable bonds is 5. The molecule has 1 aliphatic carbocycles. The lowest BCUT2D eigenvalue weighted by atomic mass is 9.93. The molecule has 10 nitrogen and oxygen atoms in total. The minimum Gasteiger partial charge on any atom is -0.507 e. The average Bonchev–Trinajstić information content (AvgIpc) is 3.98. The molecule has 13 rings (SSSR count). The zero-order chi connectivity index (χ0) is 45.9. The van der Waals surface area contributed by atoms with E-state index in [9.17, 15) is 30.6 Å². The second-order valence-electron chi connectivity index (χ2n) is 17.1. The van der Waals surface area contributed by atoms with Gasteiger partial charge < -0.3 is 35.1 Å². The Bertz CT molecular complexity index is 4150. The third-order valence-electron chi connectivity index (χ3n) is 13.4. The number of para-hydroxylation sites is 2. The summed E-state index contributed by atoms with van der Waals surface area (Å²) in [5.74, 6) is -3.31. The highest BCUT2D eigenvalue weighted by molar-refractivity contribution is 6.18. The Hall–Kier alpha value is -9.41. The maximum Gasteiger partial charge on any atom is 0.173 e. The van der Waals surface area contributed by atoms with E-state index in [1.165, 1.54) is 0 Å². The molecule has 1 aliphatic rings. The van der Waals surface area contributed by atoms with Crippen molar-refractivity contribution in [3.8, 4) is 102 Å². The summed E-state index contributed by atoms with van der Waals surface area (Å²) in [5.41, 5.74) is 3.83. The molecule has 0 fully saturated rings. The van der Waals surface area contributed by atoms with Gasteiger partial charge in [-0.2, -0.15) is 0 Å². The van der Waals surface area contributed by atoms with E-state index in [0.717, 1.165) is 48.8 Å². The molecule has 10 aromatic carbocycles. The Kier molecular flexibility index (Phi) is 8.34. The largest absolute Gasteiger partial charge is 0.507 e. The fraction of sp³-hybridized carbons (Fsp3) is 0.0172. The highest BCUT2D eigenvalue weighted by Gasteiger charge is 2.39. The van der Waals surface area contributed by atoms with E-state index in [2.05, 4.69) is 36.4 Å². The van der Waals surface area contributed by atoms with Gasteiger partial charge in [-0.15, -0.1) is 0 Å². The molecule has 324 valence electrons. The Morgan fingerprint density at radius 3 is 1.71 bits per heavy atom. The van der Waals surface area contributed by atoms with E-state index < -0.39 is 34.5 Å². The van der Waals surface area contributed by atoms with Crippen molar-refractivity contribution in [2.75, 3.05) is 0 Å². The molecule has 2 aromatic heterocycles. The molecule has 0 unspecified atom stereocenters. The molecule has 0 amide bonds. The van der Waals surface area contributed by atoms with Gasteiger partial charge in [0.05, 0.1) is 5.56 Å². The number of phenols is 6. The molecule has 68 heavy (non-hydrogen) atoms.